The quantitative estimate of drug-likeness (QED) is 0.333. The second-order valence-corrected chi connectivity index (χ2v) is 10.4. The van der Waals surface area contributed by atoms with E-state index in [1.807, 2.05) is 42.5 Å². The molecule has 200 valence electrons. The van der Waals surface area contributed by atoms with E-state index in [-0.39, 0.29) is 24.2 Å². The molecule has 1 aliphatic rings. The molecule has 1 fully saturated rings. The van der Waals surface area contributed by atoms with Gasteiger partial charge >= 0.3 is 6.03 Å². The van der Waals surface area contributed by atoms with Crippen LogP contribution in [-0.4, -0.2) is 53.1 Å². The Morgan fingerprint density at radius 3 is 2.47 bits per heavy atom. The Balaban J connectivity index is 1.41. The Labute approximate surface area is 223 Å². The van der Waals surface area contributed by atoms with E-state index in [2.05, 4.69) is 22.5 Å². The number of urea groups is 1. The average molecular weight is 518 g/mol. The molecule has 6 nitrogen and oxygen atoms in total. The largest absolute Gasteiger partial charge is 0.386 e. The minimum atomic E-state index is -1.20. The van der Waals surface area contributed by atoms with Crippen molar-refractivity contribution < 1.29 is 19.1 Å². The van der Waals surface area contributed by atoms with Crippen LogP contribution in [0.25, 0.3) is 0 Å². The topological polar surface area (TPSA) is 81.7 Å². The summed E-state index contributed by atoms with van der Waals surface area (Å²) in [6, 6.07) is 23.0. The molecule has 3 aromatic carbocycles. The maximum Gasteiger partial charge on any atom is 0.319 e. The third-order valence-corrected chi connectivity index (χ3v) is 7.33. The number of carbonyl (C=O) groups excluding carboxylic acids is 2. The lowest BCUT2D eigenvalue weighted by Gasteiger charge is -2.42. The minimum absolute atomic E-state index is 0.0603. The minimum Gasteiger partial charge on any atom is -0.386 e. The number of hydrogen-bond acceptors (Lipinski definition) is 4. The third kappa shape index (κ3) is 7.49. The summed E-state index contributed by atoms with van der Waals surface area (Å²) in [6.45, 7) is 4.89. The molecule has 3 unspecified atom stereocenters. The molecule has 3 atom stereocenters. The Hall–Kier alpha value is -3.55. The van der Waals surface area contributed by atoms with E-state index in [4.69, 9.17) is 0 Å². The van der Waals surface area contributed by atoms with Crippen LogP contribution >= 0.6 is 0 Å². The molecule has 1 heterocycles. The fourth-order valence-electron chi connectivity index (χ4n) is 5.26. The first-order chi connectivity index (χ1) is 18.2. The van der Waals surface area contributed by atoms with Gasteiger partial charge in [-0.1, -0.05) is 54.6 Å². The first-order valence-corrected chi connectivity index (χ1v) is 13.1. The summed E-state index contributed by atoms with van der Waals surface area (Å²) >= 11 is 0. The number of nitrogens with one attached hydrogen (secondary N) is 2. The number of amides is 2. The highest BCUT2D eigenvalue weighted by Crippen LogP contribution is 2.32. The third-order valence-electron chi connectivity index (χ3n) is 7.33. The van der Waals surface area contributed by atoms with Crippen LogP contribution in [0.2, 0.25) is 0 Å². The number of hydrogen-bond donors (Lipinski definition) is 3. The molecule has 1 aliphatic heterocycles. The summed E-state index contributed by atoms with van der Waals surface area (Å²) in [4.78, 5) is 26.7. The monoisotopic (exact) mass is 517 g/mol. The molecule has 7 heteroatoms. The van der Waals surface area contributed by atoms with Gasteiger partial charge in [0.05, 0.1) is 5.60 Å². The standard InChI is InChI=1S/C31H36FN3O3/c1-22-17-27(25-11-13-28(32)14-12-25)15-16-35(22)21-31(38,19-24-7-4-3-5-8-24)20-33-30(37)34-29-10-6-9-26(18-29)23(2)36/h3-14,18,22,27,38H,15-17,19-21H2,1-2H3,(H2,33,34,37). The van der Waals surface area contributed by atoms with Gasteiger partial charge in [-0.3, -0.25) is 9.69 Å². The molecular formula is C31H36FN3O3. The lowest BCUT2D eigenvalue weighted by Crippen LogP contribution is -2.55. The molecule has 2 amide bonds. The fourth-order valence-corrected chi connectivity index (χ4v) is 5.26. The number of rotatable bonds is 9. The zero-order chi connectivity index (χ0) is 27.1. The molecule has 3 N–H and O–H groups in total. The van der Waals surface area contributed by atoms with Crippen LogP contribution in [0.4, 0.5) is 14.9 Å². The molecule has 0 aromatic heterocycles. The van der Waals surface area contributed by atoms with Crippen molar-refractivity contribution >= 4 is 17.5 Å². The van der Waals surface area contributed by atoms with Crippen LogP contribution in [-0.2, 0) is 6.42 Å². The van der Waals surface area contributed by atoms with Crippen molar-refractivity contribution in [3.05, 3.63) is 101 Å². The number of halogens is 1. The summed E-state index contributed by atoms with van der Waals surface area (Å²) < 4.78 is 13.4. The number of piperidine rings is 1. The second-order valence-electron chi connectivity index (χ2n) is 10.4. The van der Waals surface area contributed by atoms with E-state index in [9.17, 15) is 19.1 Å². The van der Waals surface area contributed by atoms with Crippen LogP contribution < -0.4 is 10.6 Å². The molecule has 0 saturated carbocycles. The van der Waals surface area contributed by atoms with Crippen LogP contribution in [0, 0.1) is 5.82 Å². The number of ketones is 1. The van der Waals surface area contributed by atoms with Crippen molar-refractivity contribution in [1.82, 2.24) is 10.2 Å². The van der Waals surface area contributed by atoms with Gasteiger partial charge in [0.1, 0.15) is 5.82 Å². The smallest absolute Gasteiger partial charge is 0.319 e. The van der Waals surface area contributed by atoms with E-state index in [0.29, 0.717) is 30.1 Å². The predicted molar refractivity (Wildman–Crippen MR) is 148 cm³/mol. The first-order valence-electron chi connectivity index (χ1n) is 13.1. The highest BCUT2D eigenvalue weighted by molar-refractivity contribution is 5.96. The number of benzene rings is 3. The summed E-state index contributed by atoms with van der Waals surface area (Å²) in [5.74, 6) is 0.0376. The zero-order valence-corrected chi connectivity index (χ0v) is 22.0. The highest BCUT2D eigenvalue weighted by Gasteiger charge is 2.35. The molecular weight excluding hydrogens is 481 g/mol. The van der Waals surface area contributed by atoms with Gasteiger partial charge in [0.2, 0.25) is 0 Å². The van der Waals surface area contributed by atoms with E-state index >= 15 is 0 Å². The Kier molecular flexibility index (Phi) is 8.92. The number of β-amino-alcohol motifs (C(OH)–C–C–N with tert-alkyl or cyclic N) is 1. The number of carbonyl (C=O) groups is 2. The maximum atomic E-state index is 13.4. The second kappa shape index (κ2) is 12.3. The fraction of sp³-hybridized carbons (Fsp3) is 0.355. The Bertz CT molecular complexity index is 1230. The van der Waals surface area contributed by atoms with Crippen LogP contribution in [0.5, 0.6) is 0 Å². The SMILES string of the molecule is CC(=O)c1cccc(NC(=O)NCC(O)(Cc2ccccc2)CN2CCC(c3ccc(F)cc3)CC2C)c1. The van der Waals surface area contributed by atoms with Crippen molar-refractivity contribution in [2.24, 2.45) is 0 Å². The summed E-state index contributed by atoms with van der Waals surface area (Å²) in [6.07, 6.45) is 2.21. The van der Waals surface area contributed by atoms with Gasteiger partial charge in [-0.15, -0.1) is 0 Å². The normalized spacial score (nSPS) is 19.4. The molecule has 4 rings (SSSR count). The van der Waals surface area contributed by atoms with E-state index < -0.39 is 11.6 Å². The van der Waals surface area contributed by atoms with E-state index in [1.54, 1.807) is 24.3 Å². The lowest BCUT2D eigenvalue weighted by atomic mass is 9.84. The van der Waals surface area contributed by atoms with Crippen LogP contribution in [0.15, 0.2) is 78.9 Å². The number of likely N-dealkylation sites (tertiary alicyclic amines) is 1. The molecule has 0 aliphatic carbocycles. The van der Waals surface area contributed by atoms with Crippen LogP contribution in [0.3, 0.4) is 0 Å². The molecule has 3 aromatic rings. The van der Waals surface area contributed by atoms with Gasteiger partial charge in [-0.05, 0) is 74.5 Å². The van der Waals surface area contributed by atoms with Gasteiger partial charge in [0.15, 0.2) is 5.78 Å². The van der Waals surface area contributed by atoms with Gasteiger partial charge in [-0.25, -0.2) is 9.18 Å². The van der Waals surface area contributed by atoms with Crippen molar-refractivity contribution in [2.75, 3.05) is 25.0 Å². The predicted octanol–water partition coefficient (Wildman–Crippen LogP) is 5.39. The number of Topliss-reactive ketones (excluding diaryl/α,β-unsaturated/α-hetero) is 1. The summed E-state index contributed by atoms with van der Waals surface area (Å²) in [5, 5.41) is 17.4. The van der Waals surface area contributed by atoms with Gasteiger partial charge in [0.25, 0.3) is 0 Å². The molecule has 0 radical (unpaired) electrons. The van der Waals surface area contributed by atoms with Gasteiger partial charge in [-0.2, -0.15) is 0 Å². The molecule has 38 heavy (non-hydrogen) atoms. The number of anilines is 1. The average Bonchev–Trinajstić information content (AvgIpc) is 2.90. The Morgan fingerprint density at radius 1 is 1.05 bits per heavy atom. The van der Waals surface area contributed by atoms with Crippen molar-refractivity contribution in [1.29, 1.82) is 0 Å². The zero-order valence-electron chi connectivity index (χ0n) is 22.0. The summed E-state index contributed by atoms with van der Waals surface area (Å²) in [5.41, 5.74) is 1.96. The van der Waals surface area contributed by atoms with Crippen molar-refractivity contribution in [2.45, 2.75) is 50.7 Å². The lowest BCUT2D eigenvalue weighted by molar-refractivity contribution is -0.0136. The Morgan fingerprint density at radius 2 is 1.79 bits per heavy atom. The highest BCUT2D eigenvalue weighted by atomic mass is 19.1. The molecule has 1 saturated heterocycles. The first kappa shape index (κ1) is 27.5. The molecule has 0 bridgehead atoms. The maximum absolute atomic E-state index is 13.4. The molecule has 0 spiro atoms. The van der Waals surface area contributed by atoms with Crippen molar-refractivity contribution in [3.63, 3.8) is 0 Å². The van der Waals surface area contributed by atoms with Gasteiger partial charge < -0.3 is 15.7 Å². The summed E-state index contributed by atoms with van der Waals surface area (Å²) in [7, 11) is 0. The van der Waals surface area contributed by atoms with E-state index in [0.717, 1.165) is 30.5 Å². The van der Waals surface area contributed by atoms with Crippen molar-refractivity contribution in [3.8, 4) is 0 Å². The van der Waals surface area contributed by atoms with Crippen LogP contribution in [0.1, 0.15) is 54.1 Å². The van der Waals surface area contributed by atoms with E-state index in [1.165, 1.54) is 19.1 Å². The number of aliphatic hydroxyl groups is 1. The van der Waals surface area contributed by atoms with Gasteiger partial charge in [0, 0.05) is 36.8 Å². The number of nitrogens with zero attached hydrogens (tertiary/aromatic N) is 1.